The Morgan fingerprint density at radius 2 is 2.10 bits per heavy atom. The molecule has 0 amide bonds. The Labute approximate surface area is 192 Å². The lowest BCUT2D eigenvalue weighted by Gasteiger charge is -2.28. The number of fused-ring (bicyclic) bond motifs is 1. The Bertz CT molecular complexity index is 1190. The Morgan fingerprint density at radius 1 is 1.32 bits per heavy atom. The second kappa shape index (κ2) is 8.68. The first-order valence-electron chi connectivity index (χ1n) is 9.41. The lowest BCUT2D eigenvalue weighted by Crippen LogP contribution is -2.28. The SMILES string of the molecule is COc1cc(C2C(C(C)=O)=C(C)Nc3nnnn32)cc(Br)c1OCc1ccccc1Cl. The molecule has 1 N–H and O–H groups in total. The van der Waals surface area contributed by atoms with Gasteiger partial charge in [0.25, 0.3) is 0 Å². The van der Waals surface area contributed by atoms with E-state index in [1.165, 1.54) is 6.92 Å². The molecule has 1 aromatic heterocycles. The van der Waals surface area contributed by atoms with Gasteiger partial charge < -0.3 is 14.8 Å². The average molecular weight is 505 g/mol. The van der Waals surface area contributed by atoms with Crippen molar-refractivity contribution in [1.82, 2.24) is 20.2 Å². The van der Waals surface area contributed by atoms with Gasteiger partial charge in [-0.3, -0.25) is 4.79 Å². The molecule has 31 heavy (non-hydrogen) atoms. The lowest BCUT2D eigenvalue weighted by molar-refractivity contribution is -0.114. The maximum atomic E-state index is 12.5. The van der Waals surface area contributed by atoms with Crippen molar-refractivity contribution in [3.63, 3.8) is 0 Å². The molecule has 0 saturated heterocycles. The second-order valence-electron chi connectivity index (χ2n) is 6.98. The van der Waals surface area contributed by atoms with Gasteiger partial charge in [0, 0.05) is 21.9 Å². The summed E-state index contributed by atoms with van der Waals surface area (Å²) >= 11 is 9.82. The number of carbonyl (C=O) groups excluding carboxylic acids is 1. The number of nitrogens with one attached hydrogen (secondary N) is 1. The van der Waals surface area contributed by atoms with Gasteiger partial charge in [-0.05, 0) is 64.0 Å². The van der Waals surface area contributed by atoms with E-state index < -0.39 is 6.04 Å². The summed E-state index contributed by atoms with van der Waals surface area (Å²) in [5.74, 6) is 1.42. The minimum Gasteiger partial charge on any atom is -0.493 e. The fourth-order valence-corrected chi connectivity index (χ4v) is 4.34. The number of benzene rings is 2. The Hall–Kier alpha value is -2.91. The number of carbonyl (C=O) groups is 1. The largest absolute Gasteiger partial charge is 0.493 e. The molecule has 1 aliphatic rings. The van der Waals surface area contributed by atoms with Crippen LogP contribution in [0.5, 0.6) is 11.5 Å². The summed E-state index contributed by atoms with van der Waals surface area (Å²) in [6.07, 6.45) is 0. The van der Waals surface area contributed by atoms with E-state index in [0.717, 1.165) is 11.1 Å². The number of hydrogen-bond acceptors (Lipinski definition) is 7. The summed E-state index contributed by atoms with van der Waals surface area (Å²) in [5.41, 5.74) is 2.90. The lowest BCUT2D eigenvalue weighted by atomic mass is 9.93. The summed E-state index contributed by atoms with van der Waals surface area (Å²) in [4.78, 5) is 12.5. The normalized spacial score (nSPS) is 15.3. The second-order valence-corrected chi connectivity index (χ2v) is 8.25. The predicted molar refractivity (Wildman–Crippen MR) is 119 cm³/mol. The van der Waals surface area contributed by atoms with Crippen LogP contribution < -0.4 is 14.8 Å². The number of nitrogens with zero attached hydrogens (tertiary/aromatic N) is 4. The molecule has 3 aromatic rings. The van der Waals surface area contributed by atoms with Crippen molar-refractivity contribution < 1.29 is 14.3 Å². The zero-order valence-electron chi connectivity index (χ0n) is 17.0. The highest BCUT2D eigenvalue weighted by Gasteiger charge is 2.33. The van der Waals surface area contributed by atoms with Crippen LogP contribution in [-0.2, 0) is 11.4 Å². The van der Waals surface area contributed by atoms with Crippen molar-refractivity contribution in [3.05, 3.63) is 68.3 Å². The molecular weight excluding hydrogens is 486 g/mol. The van der Waals surface area contributed by atoms with Gasteiger partial charge in [0.15, 0.2) is 17.3 Å². The molecule has 0 spiro atoms. The molecule has 0 aliphatic carbocycles. The minimum atomic E-state index is -0.508. The zero-order chi connectivity index (χ0) is 22.1. The summed E-state index contributed by atoms with van der Waals surface area (Å²) in [5, 5.41) is 15.5. The van der Waals surface area contributed by atoms with Gasteiger partial charge >= 0.3 is 0 Å². The number of allylic oxidation sites excluding steroid dienone is 2. The fourth-order valence-electron chi connectivity index (χ4n) is 3.58. The van der Waals surface area contributed by atoms with E-state index in [2.05, 4.69) is 36.8 Å². The van der Waals surface area contributed by atoms with Crippen molar-refractivity contribution in [3.8, 4) is 11.5 Å². The Kier molecular flexibility index (Phi) is 5.97. The number of tetrazole rings is 1. The van der Waals surface area contributed by atoms with E-state index in [-0.39, 0.29) is 12.4 Å². The number of ether oxygens (including phenoxy) is 2. The van der Waals surface area contributed by atoms with Crippen LogP contribution in [0, 0.1) is 0 Å². The molecule has 1 atom stereocenters. The number of halogens is 2. The molecule has 4 rings (SSSR count). The molecule has 1 aliphatic heterocycles. The van der Waals surface area contributed by atoms with Crippen LogP contribution in [0.25, 0.3) is 0 Å². The van der Waals surface area contributed by atoms with E-state index in [1.807, 2.05) is 43.3 Å². The summed E-state index contributed by atoms with van der Waals surface area (Å²) in [6, 6.07) is 10.7. The quantitative estimate of drug-likeness (QED) is 0.526. The first kappa shape index (κ1) is 21.3. The number of rotatable bonds is 6. The maximum Gasteiger partial charge on any atom is 0.248 e. The van der Waals surface area contributed by atoms with Crippen LogP contribution in [0.2, 0.25) is 5.02 Å². The molecule has 2 aromatic carbocycles. The minimum absolute atomic E-state index is 0.0784. The molecule has 1 unspecified atom stereocenters. The molecule has 10 heteroatoms. The Balaban J connectivity index is 1.74. The predicted octanol–water partition coefficient (Wildman–Crippen LogP) is 4.55. The van der Waals surface area contributed by atoms with Crippen LogP contribution >= 0.6 is 27.5 Å². The highest BCUT2D eigenvalue weighted by molar-refractivity contribution is 9.10. The summed E-state index contributed by atoms with van der Waals surface area (Å²) in [6.45, 7) is 3.63. The molecule has 2 heterocycles. The number of methoxy groups -OCH3 is 1. The molecule has 160 valence electrons. The highest BCUT2D eigenvalue weighted by atomic mass is 79.9. The first-order chi connectivity index (χ1) is 14.9. The zero-order valence-corrected chi connectivity index (χ0v) is 19.4. The standard InChI is InChI=1S/C21H19BrClN5O3/c1-11-18(12(2)29)19(28-21(24-11)25-26-27-28)14-8-15(22)20(17(9-14)30-3)31-10-13-6-4-5-7-16(13)23/h4-9,19H,10H2,1-3H3,(H,24,25,27). The number of anilines is 1. The topological polar surface area (TPSA) is 91.2 Å². The van der Waals surface area contributed by atoms with Crippen LogP contribution in [0.3, 0.4) is 0 Å². The fraction of sp³-hybridized carbons (Fsp3) is 0.238. The van der Waals surface area contributed by atoms with Gasteiger partial charge in [-0.15, -0.1) is 0 Å². The van der Waals surface area contributed by atoms with Gasteiger partial charge in [-0.2, -0.15) is 4.68 Å². The molecule has 0 bridgehead atoms. The van der Waals surface area contributed by atoms with Gasteiger partial charge in [0.05, 0.1) is 11.6 Å². The van der Waals surface area contributed by atoms with Crippen molar-refractivity contribution in [1.29, 1.82) is 0 Å². The van der Waals surface area contributed by atoms with Gasteiger partial charge in [0.1, 0.15) is 12.6 Å². The summed E-state index contributed by atoms with van der Waals surface area (Å²) in [7, 11) is 1.56. The number of hydrogen-bond donors (Lipinski definition) is 1. The third-order valence-corrected chi connectivity index (χ3v) is 5.95. The van der Waals surface area contributed by atoms with E-state index in [4.69, 9.17) is 21.1 Å². The third-order valence-electron chi connectivity index (χ3n) is 4.99. The molecule has 0 radical (unpaired) electrons. The van der Waals surface area contributed by atoms with Gasteiger partial charge in [0.2, 0.25) is 5.95 Å². The molecule has 0 fully saturated rings. The van der Waals surface area contributed by atoms with Gasteiger partial charge in [-0.1, -0.05) is 34.9 Å². The van der Waals surface area contributed by atoms with Crippen molar-refractivity contribution in [2.24, 2.45) is 0 Å². The van der Waals surface area contributed by atoms with Crippen LogP contribution in [-0.4, -0.2) is 33.1 Å². The molecule has 0 saturated carbocycles. The highest BCUT2D eigenvalue weighted by Crippen LogP contribution is 2.42. The van der Waals surface area contributed by atoms with Crippen LogP contribution in [0.1, 0.15) is 31.0 Å². The van der Waals surface area contributed by atoms with E-state index in [9.17, 15) is 4.79 Å². The smallest absolute Gasteiger partial charge is 0.248 e. The van der Waals surface area contributed by atoms with E-state index >= 15 is 0 Å². The van der Waals surface area contributed by atoms with Gasteiger partial charge in [-0.25, -0.2) is 0 Å². The monoisotopic (exact) mass is 503 g/mol. The molecule has 8 nitrogen and oxygen atoms in total. The summed E-state index contributed by atoms with van der Waals surface area (Å²) < 4.78 is 13.9. The average Bonchev–Trinajstić information content (AvgIpc) is 3.20. The molecular formula is C21H19BrClN5O3. The van der Waals surface area contributed by atoms with Crippen molar-refractivity contribution in [2.75, 3.05) is 12.4 Å². The van der Waals surface area contributed by atoms with E-state index in [1.54, 1.807) is 11.8 Å². The Morgan fingerprint density at radius 3 is 2.81 bits per heavy atom. The van der Waals surface area contributed by atoms with Crippen molar-refractivity contribution >= 4 is 39.3 Å². The van der Waals surface area contributed by atoms with Crippen molar-refractivity contribution in [2.45, 2.75) is 26.5 Å². The number of ketones is 1. The number of aromatic nitrogens is 4. The van der Waals surface area contributed by atoms with Crippen LogP contribution in [0.4, 0.5) is 5.95 Å². The van der Waals surface area contributed by atoms with Crippen LogP contribution in [0.15, 0.2) is 52.1 Å². The maximum absolute atomic E-state index is 12.5. The van der Waals surface area contributed by atoms with E-state index in [0.29, 0.717) is 38.2 Å². The number of Topliss-reactive ketones (excluding diaryl/α,β-unsaturated/α-hetero) is 1. The third kappa shape index (κ3) is 4.03. The first-order valence-corrected chi connectivity index (χ1v) is 10.6.